The van der Waals surface area contributed by atoms with Crippen LogP contribution in [0, 0.1) is 0 Å². The van der Waals surface area contributed by atoms with Gasteiger partial charge in [0.1, 0.15) is 0 Å². The van der Waals surface area contributed by atoms with Gasteiger partial charge in [-0.15, -0.1) is 0 Å². The molecule has 4 nitrogen and oxygen atoms in total. The van der Waals surface area contributed by atoms with Crippen molar-refractivity contribution in [2.45, 2.75) is 13.1 Å². The molecule has 2 aromatic rings. The van der Waals surface area contributed by atoms with Crippen LogP contribution in [0.2, 0.25) is 0 Å². The van der Waals surface area contributed by atoms with Gasteiger partial charge in [-0.2, -0.15) is 0 Å². The number of piperazine rings is 1. The molecule has 0 amide bonds. The lowest BCUT2D eigenvalue weighted by atomic mass is 10.0. The molecule has 28 heavy (non-hydrogen) atoms. The molecule has 1 aliphatic heterocycles. The van der Waals surface area contributed by atoms with Crippen LogP contribution in [-0.4, -0.2) is 67.8 Å². The zero-order chi connectivity index (χ0) is 19.9. The average molecular weight is 378 g/mol. The number of benzene rings is 2. The predicted octanol–water partition coefficient (Wildman–Crippen LogP) is 3.39. The van der Waals surface area contributed by atoms with Gasteiger partial charge in [-0.1, -0.05) is 54.6 Å². The van der Waals surface area contributed by atoms with Gasteiger partial charge in [0.2, 0.25) is 0 Å². The SMILES string of the molecule is CN(C)Cc1ccccc1C(=O)/C=C/c1ccccc1CN1CCN(C)CC1. The Morgan fingerprint density at radius 1 is 0.964 bits per heavy atom. The van der Waals surface area contributed by atoms with E-state index in [1.54, 1.807) is 6.08 Å². The summed E-state index contributed by atoms with van der Waals surface area (Å²) < 4.78 is 0. The highest BCUT2D eigenvalue weighted by atomic mass is 16.1. The highest BCUT2D eigenvalue weighted by Crippen LogP contribution is 2.17. The summed E-state index contributed by atoms with van der Waals surface area (Å²) in [7, 11) is 6.21. The fourth-order valence-electron chi connectivity index (χ4n) is 3.58. The Kier molecular flexibility index (Phi) is 7.15. The molecule has 1 fully saturated rings. The minimum atomic E-state index is 0.0619. The fourth-order valence-corrected chi connectivity index (χ4v) is 3.58. The van der Waals surface area contributed by atoms with E-state index in [0.717, 1.165) is 56.0 Å². The largest absolute Gasteiger partial charge is 0.305 e. The summed E-state index contributed by atoms with van der Waals surface area (Å²) in [6.07, 6.45) is 3.69. The van der Waals surface area contributed by atoms with E-state index in [-0.39, 0.29) is 5.78 Å². The Morgan fingerprint density at radius 3 is 2.32 bits per heavy atom. The van der Waals surface area contributed by atoms with Crippen molar-refractivity contribution in [2.75, 3.05) is 47.3 Å². The number of carbonyl (C=O) groups is 1. The Morgan fingerprint density at radius 2 is 1.61 bits per heavy atom. The maximum Gasteiger partial charge on any atom is 0.186 e. The molecular weight excluding hydrogens is 346 g/mol. The van der Waals surface area contributed by atoms with Crippen LogP contribution < -0.4 is 0 Å². The first kappa shape index (κ1) is 20.5. The van der Waals surface area contributed by atoms with Crippen LogP contribution in [0.15, 0.2) is 54.6 Å². The van der Waals surface area contributed by atoms with E-state index in [4.69, 9.17) is 0 Å². The first-order valence-corrected chi connectivity index (χ1v) is 9.97. The smallest absolute Gasteiger partial charge is 0.186 e. The molecular formula is C24H31N3O. The molecule has 0 saturated carbocycles. The van der Waals surface area contributed by atoms with Crippen LogP contribution in [0.4, 0.5) is 0 Å². The van der Waals surface area contributed by atoms with Crippen molar-refractivity contribution in [3.8, 4) is 0 Å². The van der Waals surface area contributed by atoms with Crippen molar-refractivity contribution in [1.82, 2.24) is 14.7 Å². The van der Waals surface area contributed by atoms with Crippen molar-refractivity contribution in [1.29, 1.82) is 0 Å². The third kappa shape index (κ3) is 5.61. The average Bonchev–Trinajstić information content (AvgIpc) is 2.69. The molecule has 0 atom stereocenters. The Bertz CT molecular complexity index is 820. The summed E-state index contributed by atoms with van der Waals surface area (Å²) in [5, 5.41) is 0. The predicted molar refractivity (Wildman–Crippen MR) is 116 cm³/mol. The molecule has 0 radical (unpaired) electrons. The Balaban J connectivity index is 1.73. The number of hydrogen-bond donors (Lipinski definition) is 0. The van der Waals surface area contributed by atoms with Crippen molar-refractivity contribution in [3.63, 3.8) is 0 Å². The summed E-state index contributed by atoms with van der Waals surface area (Å²) in [6, 6.07) is 16.3. The van der Waals surface area contributed by atoms with Gasteiger partial charge >= 0.3 is 0 Å². The Hall–Kier alpha value is -2.27. The van der Waals surface area contributed by atoms with Gasteiger partial charge in [0.05, 0.1) is 0 Å². The number of ketones is 1. The first-order valence-electron chi connectivity index (χ1n) is 9.97. The van der Waals surface area contributed by atoms with Crippen LogP contribution in [0.5, 0.6) is 0 Å². The number of hydrogen-bond acceptors (Lipinski definition) is 4. The fraction of sp³-hybridized carbons (Fsp3) is 0.375. The van der Waals surface area contributed by atoms with Crippen LogP contribution in [0.3, 0.4) is 0 Å². The van der Waals surface area contributed by atoms with Crippen LogP contribution in [-0.2, 0) is 13.1 Å². The highest BCUT2D eigenvalue weighted by molar-refractivity contribution is 6.07. The number of allylic oxidation sites excluding steroid dienone is 1. The molecule has 1 aliphatic rings. The van der Waals surface area contributed by atoms with Gasteiger partial charge < -0.3 is 9.80 Å². The number of rotatable bonds is 7. The molecule has 1 saturated heterocycles. The molecule has 0 unspecified atom stereocenters. The molecule has 0 spiro atoms. The normalized spacial score (nSPS) is 16.1. The van der Waals surface area contributed by atoms with Crippen molar-refractivity contribution >= 4 is 11.9 Å². The van der Waals surface area contributed by atoms with Crippen LogP contribution >= 0.6 is 0 Å². The van der Waals surface area contributed by atoms with E-state index < -0.39 is 0 Å². The molecule has 0 aromatic heterocycles. The number of carbonyl (C=O) groups excluding carboxylic acids is 1. The highest BCUT2D eigenvalue weighted by Gasteiger charge is 2.15. The van der Waals surface area contributed by atoms with Gasteiger partial charge in [0, 0.05) is 44.8 Å². The first-order chi connectivity index (χ1) is 13.5. The second-order valence-electron chi connectivity index (χ2n) is 7.87. The minimum absolute atomic E-state index is 0.0619. The van der Waals surface area contributed by atoms with Gasteiger partial charge in [-0.05, 0) is 43.9 Å². The van der Waals surface area contributed by atoms with E-state index in [1.165, 1.54) is 5.56 Å². The summed E-state index contributed by atoms with van der Waals surface area (Å²) >= 11 is 0. The molecule has 1 heterocycles. The maximum atomic E-state index is 12.8. The van der Waals surface area contributed by atoms with E-state index >= 15 is 0 Å². The third-order valence-electron chi connectivity index (χ3n) is 5.23. The van der Waals surface area contributed by atoms with Crippen molar-refractivity contribution in [2.24, 2.45) is 0 Å². The topological polar surface area (TPSA) is 26.8 Å². The maximum absolute atomic E-state index is 12.8. The summed E-state index contributed by atoms with van der Waals surface area (Å²) in [5.41, 5.74) is 4.24. The Labute approximate surface area is 169 Å². The van der Waals surface area contributed by atoms with E-state index in [1.807, 2.05) is 50.5 Å². The summed E-state index contributed by atoms with van der Waals surface area (Å²) in [4.78, 5) is 19.8. The lowest BCUT2D eigenvalue weighted by molar-refractivity contribution is 0.104. The van der Waals surface area contributed by atoms with E-state index in [0.29, 0.717) is 0 Å². The van der Waals surface area contributed by atoms with Crippen LogP contribution in [0.1, 0.15) is 27.0 Å². The molecule has 3 rings (SSSR count). The minimum Gasteiger partial charge on any atom is -0.305 e. The zero-order valence-electron chi connectivity index (χ0n) is 17.3. The summed E-state index contributed by atoms with van der Waals surface area (Å²) in [5.74, 6) is 0.0619. The number of nitrogens with zero attached hydrogens (tertiary/aromatic N) is 3. The molecule has 2 aromatic carbocycles. The second kappa shape index (κ2) is 9.78. The summed E-state index contributed by atoms with van der Waals surface area (Å²) in [6.45, 7) is 6.09. The van der Waals surface area contributed by atoms with Gasteiger partial charge in [-0.3, -0.25) is 9.69 Å². The molecule has 0 N–H and O–H groups in total. The lowest BCUT2D eigenvalue weighted by Gasteiger charge is -2.32. The van der Waals surface area contributed by atoms with Crippen molar-refractivity contribution < 1.29 is 4.79 Å². The van der Waals surface area contributed by atoms with Gasteiger partial charge in [0.15, 0.2) is 5.78 Å². The molecule has 148 valence electrons. The third-order valence-corrected chi connectivity index (χ3v) is 5.23. The quantitative estimate of drug-likeness (QED) is 0.546. The lowest BCUT2D eigenvalue weighted by Crippen LogP contribution is -2.43. The molecule has 4 heteroatoms. The van der Waals surface area contributed by atoms with Crippen LogP contribution in [0.25, 0.3) is 6.08 Å². The second-order valence-corrected chi connectivity index (χ2v) is 7.87. The van der Waals surface area contributed by atoms with Gasteiger partial charge in [0.25, 0.3) is 0 Å². The monoisotopic (exact) mass is 377 g/mol. The standard InChI is InChI=1S/C24H31N3O/c1-25(2)18-22-10-6-7-11-23(22)24(28)13-12-20-8-4-5-9-21(20)19-27-16-14-26(3)15-17-27/h4-13H,14-19H2,1-3H3/b13-12+. The van der Waals surface area contributed by atoms with Gasteiger partial charge in [-0.25, -0.2) is 0 Å². The van der Waals surface area contributed by atoms with Crippen molar-refractivity contribution in [3.05, 3.63) is 76.9 Å². The molecule has 0 aliphatic carbocycles. The van der Waals surface area contributed by atoms with E-state index in [9.17, 15) is 4.79 Å². The van der Waals surface area contributed by atoms with E-state index in [2.05, 4.69) is 39.9 Å². The molecule has 0 bridgehead atoms. The zero-order valence-corrected chi connectivity index (χ0v) is 17.3. The number of likely N-dealkylation sites (N-methyl/N-ethyl adjacent to an activating group) is 1.